The Morgan fingerprint density at radius 3 is 2.66 bits per heavy atom. The van der Waals surface area contributed by atoms with Gasteiger partial charge in [0.2, 0.25) is 0 Å². The van der Waals surface area contributed by atoms with Crippen molar-refractivity contribution in [1.82, 2.24) is 20.2 Å². The standard InChI is InChI=1S/C22H34N6.HI/c1-17(2)16-28-13-10-24-21(28)15-25-22(23-4)26-18(3)19-8-7-9-20(14-19)27-11-5-6-12-27;/h7-10,13-14,17-18H,5-6,11-12,15-16H2,1-4H3,(H2,23,25,26);1H. The summed E-state index contributed by atoms with van der Waals surface area (Å²) < 4.78 is 2.20. The number of hydrogen-bond acceptors (Lipinski definition) is 3. The molecule has 1 aromatic carbocycles. The van der Waals surface area contributed by atoms with E-state index in [0.29, 0.717) is 12.5 Å². The molecule has 3 rings (SSSR count). The van der Waals surface area contributed by atoms with Gasteiger partial charge in [0.05, 0.1) is 12.6 Å². The number of benzene rings is 1. The summed E-state index contributed by atoms with van der Waals surface area (Å²) in [6, 6.07) is 9.01. The molecule has 2 heterocycles. The number of guanidine groups is 1. The van der Waals surface area contributed by atoms with Crippen LogP contribution in [0.15, 0.2) is 41.7 Å². The Balaban J connectivity index is 0.00000300. The summed E-state index contributed by atoms with van der Waals surface area (Å²) in [6.07, 6.45) is 6.49. The van der Waals surface area contributed by atoms with Gasteiger partial charge in [0, 0.05) is 44.8 Å². The van der Waals surface area contributed by atoms with Gasteiger partial charge < -0.3 is 20.1 Å². The first kappa shape index (κ1) is 23.5. The van der Waals surface area contributed by atoms with E-state index in [9.17, 15) is 0 Å². The second-order valence-electron chi connectivity index (χ2n) is 7.97. The molecule has 0 amide bonds. The molecule has 7 heteroatoms. The van der Waals surface area contributed by atoms with Gasteiger partial charge in [-0.1, -0.05) is 26.0 Å². The van der Waals surface area contributed by atoms with Crippen molar-refractivity contribution in [2.75, 3.05) is 25.0 Å². The Hall–Kier alpha value is -1.77. The SMILES string of the molecule is CN=C(NCc1nccn1CC(C)C)NC(C)c1cccc(N2CCCC2)c1.I. The molecule has 160 valence electrons. The zero-order valence-electron chi connectivity index (χ0n) is 18.1. The number of aliphatic imine (C=N–C) groups is 1. The van der Waals surface area contributed by atoms with Crippen LogP contribution in [0.3, 0.4) is 0 Å². The number of rotatable bonds is 7. The molecule has 1 atom stereocenters. The van der Waals surface area contributed by atoms with Gasteiger partial charge in [-0.05, 0) is 43.4 Å². The number of hydrogen-bond donors (Lipinski definition) is 2. The van der Waals surface area contributed by atoms with Gasteiger partial charge in [-0.25, -0.2) is 4.98 Å². The largest absolute Gasteiger partial charge is 0.372 e. The maximum absolute atomic E-state index is 4.48. The summed E-state index contributed by atoms with van der Waals surface area (Å²) in [4.78, 5) is 11.3. The highest BCUT2D eigenvalue weighted by Gasteiger charge is 2.15. The Bertz CT molecular complexity index is 779. The number of imidazole rings is 1. The molecular weight excluding hydrogens is 475 g/mol. The van der Waals surface area contributed by atoms with Crippen molar-refractivity contribution < 1.29 is 0 Å². The molecule has 2 N–H and O–H groups in total. The summed E-state index contributed by atoms with van der Waals surface area (Å²) >= 11 is 0. The average molecular weight is 510 g/mol. The van der Waals surface area contributed by atoms with Gasteiger partial charge in [0.15, 0.2) is 5.96 Å². The lowest BCUT2D eigenvalue weighted by Crippen LogP contribution is -2.38. The minimum atomic E-state index is 0. The van der Waals surface area contributed by atoms with Crippen molar-refractivity contribution in [3.63, 3.8) is 0 Å². The molecule has 1 fully saturated rings. The van der Waals surface area contributed by atoms with E-state index in [1.807, 2.05) is 19.4 Å². The third-order valence-electron chi connectivity index (χ3n) is 5.20. The maximum atomic E-state index is 4.48. The predicted molar refractivity (Wildman–Crippen MR) is 132 cm³/mol. The van der Waals surface area contributed by atoms with Crippen molar-refractivity contribution in [2.24, 2.45) is 10.9 Å². The van der Waals surface area contributed by atoms with Crippen LogP contribution in [0.4, 0.5) is 5.69 Å². The maximum Gasteiger partial charge on any atom is 0.191 e. The lowest BCUT2D eigenvalue weighted by Gasteiger charge is -2.22. The normalized spacial score (nSPS) is 15.3. The smallest absolute Gasteiger partial charge is 0.191 e. The molecule has 1 aliphatic rings. The number of nitrogens with one attached hydrogen (secondary N) is 2. The fraction of sp³-hybridized carbons (Fsp3) is 0.545. The Labute approximate surface area is 192 Å². The van der Waals surface area contributed by atoms with Crippen LogP contribution in [0.2, 0.25) is 0 Å². The lowest BCUT2D eigenvalue weighted by atomic mass is 10.1. The molecule has 0 bridgehead atoms. The van der Waals surface area contributed by atoms with Crippen LogP contribution in [-0.2, 0) is 13.1 Å². The van der Waals surface area contributed by atoms with E-state index in [1.54, 1.807) is 0 Å². The average Bonchev–Trinajstić information content (AvgIpc) is 3.37. The van der Waals surface area contributed by atoms with Gasteiger partial charge in [-0.3, -0.25) is 4.99 Å². The van der Waals surface area contributed by atoms with Crippen LogP contribution < -0.4 is 15.5 Å². The second kappa shape index (κ2) is 11.4. The summed E-state index contributed by atoms with van der Waals surface area (Å²) in [6.45, 7) is 10.6. The number of nitrogens with zero attached hydrogens (tertiary/aromatic N) is 4. The van der Waals surface area contributed by atoms with Gasteiger partial charge in [0.1, 0.15) is 5.82 Å². The first-order valence-electron chi connectivity index (χ1n) is 10.4. The van der Waals surface area contributed by atoms with Crippen molar-refractivity contribution in [2.45, 2.75) is 52.7 Å². The fourth-order valence-corrected chi connectivity index (χ4v) is 3.68. The van der Waals surface area contributed by atoms with Gasteiger partial charge in [0.25, 0.3) is 0 Å². The van der Waals surface area contributed by atoms with Gasteiger partial charge in [-0.15, -0.1) is 24.0 Å². The molecule has 1 unspecified atom stereocenters. The van der Waals surface area contributed by atoms with Gasteiger partial charge in [-0.2, -0.15) is 0 Å². The van der Waals surface area contributed by atoms with E-state index in [2.05, 4.69) is 75.1 Å². The Morgan fingerprint density at radius 1 is 1.21 bits per heavy atom. The van der Waals surface area contributed by atoms with Crippen molar-refractivity contribution in [3.05, 3.63) is 48.0 Å². The summed E-state index contributed by atoms with van der Waals surface area (Å²) in [5.41, 5.74) is 2.59. The quantitative estimate of drug-likeness (QED) is 0.334. The highest BCUT2D eigenvalue weighted by molar-refractivity contribution is 14.0. The van der Waals surface area contributed by atoms with Gasteiger partial charge >= 0.3 is 0 Å². The third-order valence-corrected chi connectivity index (χ3v) is 5.20. The highest BCUT2D eigenvalue weighted by atomic mass is 127. The lowest BCUT2D eigenvalue weighted by molar-refractivity contribution is 0.503. The van der Waals surface area contributed by atoms with Crippen molar-refractivity contribution >= 4 is 35.6 Å². The summed E-state index contributed by atoms with van der Waals surface area (Å²) in [5, 5.41) is 6.91. The number of anilines is 1. The Morgan fingerprint density at radius 2 is 1.97 bits per heavy atom. The second-order valence-corrected chi connectivity index (χ2v) is 7.97. The molecule has 1 aliphatic heterocycles. The van der Waals surface area contributed by atoms with E-state index in [-0.39, 0.29) is 30.0 Å². The Kier molecular flexibility index (Phi) is 9.26. The van der Waals surface area contributed by atoms with Crippen LogP contribution in [-0.4, -0.2) is 35.6 Å². The van der Waals surface area contributed by atoms with Crippen LogP contribution in [0.1, 0.15) is 51.0 Å². The molecule has 0 radical (unpaired) electrons. The molecule has 1 saturated heterocycles. The predicted octanol–water partition coefficient (Wildman–Crippen LogP) is 4.18. The third kappa shape index (κ3) is 6.62. The van der Waals surface area contributed by atoms with Crippen LogP contribution in [0, 0.1) is 5.92 Å². The van der Waals surface area contributed by atoms with E-state index >= 15 is 0 Å². The summed E-state index contributed by atoms with van der Waals surface area (Å²) in [5.74, 6) is 2.41. The fourth-order valence-electron chi connectivity index (χ4n) is 3.68. The topological polar surface area (TPSA) is 57.5 Å². The molecule has 0 saturated carbocycles. The van der Waals surface area contributed by atoms with E-state index in [4.69, 9.17) is 0 Å². The zero-order chi connectivity index (χ0) is 19.9. The molecule has 0 spiro atoms. The molecule has 29 heavy (non-hydrogen) atoms. The monoisotopic (exact) mass is 510 g/mol. The van der Waals surface area contributed by atoms with Crippen LogP contribution in [0.25, 0.3) is 0 Å². The van der Waals surface area contributed by atoms with Crippen molar-refractivity contribution in [1.29, 1.82) is 0 Å². The minimum Gasteiger partial charge on any atom is -0.372 e. The molecule has 6 nitrogen and oxygen atoms in total. The zero-order valence-corrected chi connectivity index (χ0v) is 20.4. The van der Waals surface area contributed by atoms with E-state index in [1.165, 1.54) is 24.1 Å². The van der Waals surface area contributed by atoms with Crippen molar-refractivity contribution in [3.8, 4) is 0 Å². The van der Waals surface area contributed by atoms with Crippen LogP contribution in [0.5, 0.6) is 0 Å². The molecule has 0 aliphatic carbocycles. The van der Waals surface area contributed by atoms with E-state index in [0.717, 1.165) is 31.4 Å². The van der Waals surface area contributed by atoms with Crippen LogP contribution >= 0.6 is 24.0 Å². The minimum absolute atomic E-state index is 0. The first-order chi connectivity index (χ1) is 13.6. The number of halogens is 1. The molecule has 2 aromatic rings. The van der Waals surface area contributed by atoms with E-state index < -0.39 is 0 Å². The highest BCUT2D eigenvalue weighted by Crippen LogP contribution is 2.23. The molecular formula is C22H35IN6. The summed E-state index contributed by atoms with van der Waals surface area (Å²) in [7, 11) is 1.81. The molecule has 1 aromatic heterocycles. The number of aromatic nitrogens is 2. The first-order valence-corrected chi connectivity index (χ1v) is 10.4.